The zero-order valence-corrected chi connectivity index (χ0v) is 20.9. The number of rotatable bonds is 5. The minimum absolute atomic E-state index is 0.0777. The Hall–Kier alpha value is -3.97. The minimum Gasteiger partial charge on any atom is -0.366 e. The van der Waals surface area contributed by atoms with Crippen molar-refractivity contribution < 1.29 is 9.72 Å². The quantitative estimate of drug-likeness (QED) is 0.225. The maximum Gasteiger partial charge on any atom is 0.293 e. The number of hydrogen-bond acceptors (Lipinski definition) is 9. The number of nitrogens with one attached hydrogen (secondary N) is 2. The number of carbonyl (C=O) groups excluding carboxylic acids is 1. The molecule has 11 nitrogen and oxygen atoms in total. The predicted octanol–water partition coefficient (Wildman–Crippen LogP) is 4.19. The summed E-state index contributed by atoms with van der Waals surface area (Å²) >= 11 is 6.73. The van der Waals surface area contributed by atoms with Crippen LogP contribution >= 0.6 is 23.6 Å². The SMILES string of the molecule is Cc1nnc2sc(-c3cccc(NC(=S)NC(=O)c4ccc(N5CCCCC5)c([N+](=O)[O-])c4)c3)nn12. The summed E-state index contributed by atoms with van der Waals surface area (Å²) in [6.07, 6.45) is 3.11. The maximum absolute atomic E-state index is 12.8. The number of aryl methyl sites for hydroxylation is 1. The Balaban J connectivity index is 1.28. The molecule has 1 saturated heterocycles. The highest BCUT2D eigenvalue weighted by atomic mass is 32.1. The topological polar surface area (TPSA) is 131 Å². The standard InChI is InChI=1S/C23H22N8O3S2/c1-14-26-27-23-30(14)28-21(36-23)16-6-5-7-17(12-16)24-22(35)25-20(32)15-8-9-18(19(13-15)31(33)34)29-10-3-2-4-11-29/h5-9,12-13H,2-4,10-11H2,1H3,(H2,24,25,32,35). The van der Waals surface area contributed by atoms with Crippen molar-refractivity contribution >= 4 is 56.6 Å². The van der Waals surface area contributed by atoms with E-state index in [1.165, 1.54) is 17.4 Å². The van der Waals surface area contributed by atoms with Crippen molar-refractivity contribution in [2.45, 2.75) is 26.2 Å². The van der Waals surface area contributed by atoms with Crippen molar-refractivity contribution in [2.24, 2.45) is 0 Å². The van der Waals surface area contributed by atoms with E-state index >= 15 is 0 Å². The van der Waals surface area contributed by atoms with Crippen LogP contribution in [-0.2, 0) is 0 Å². The number of thiocarbonyl (C=S) groups is 1. The van der Waals surface area contributed by atoms with Crippen LogP contribution in [0.15, 0.2) is 42.5 Å². The Morgan fingerprint density at radius 1 is 1.14 bits per heavy atom. The number of nitrogens with zero attached hydrogens (tertiary/aromatic N) is 6. The molecule has 1 aliphatic rings. The number of anilines is 2. The molecule has 5 rings (SSSR count). The Morgan fingerprint density at radius 2 is 1.94 bits per heavy atom. The van der Waals surface area contributed by atoms with E-state index in [1.54, 1.807) is 16.6 Å². The highest BCUT2D eigenvalue weighted by molar-refractivity contribution is 7.80. The molecule has 1 amide bonds. The van der Waals surface area contributed by atoms with Crippen LogP contribution in [0.4, 0.5) is 17.1 Å². The first-order chi connectivity index (χ1) is 17.4. The van der Waals surface area contributed by atoms with Crippen LogP contribution < -0.4 is 15.5 Å². The maximum atomic E-state index is 12.8. The van der Waals surface area contributed by atoms with Crippen LogP contribution in [0.1, 0.15) is 35.4 Å². The van der Waals surface area contributed by atoms with Gasteiger partial charge in [0.05, 0.1) is 4.92 Å². The first-order valence-corrected chi connectivity index (χ1v) is 12.6. The normalized spacial score (nSPS) is 13.5. The number of hydrogen-bond donors (Lipinski definition) is 2. The van der Waals surface area contributed by atoms with Crippen molar-refractivity contribution in [1.29, 1.82) is 0 Å². The predicted molar refractivity (Wildman–Crippen MR) is 142 cm³/mol. The zero-order chi connectivity index (χ0) is 25.2. The molecule has 0 spiro atoms. The molecule has 0 saturated carbocycles. The van der Waals surface area contributed by atoms with Gasteiger partial charge in [0.1, 0.15) is 10.7 Å². The average Bonchev–Trinajstić information content (AvgIpc) is 3.46. The molecular formula is C23H22N8O3S2. The number of nitro benzene ring substituents is 1. The van der Waals surface area contributed by atoms with Crippen LogP contribution in [0, 0.1) is 17.0 Å². The molecular weight excluding hydrogens is 500 g/mol. The molecule has 4 aromatic rings. The van der Waals surface area contributed by atoms with E-state index in [0.717, 1.165) is 42.9 Å². The molecule has 2 aromatic carbocycles. The number of carbonyl (C=O) groups is 1. The highest BCUT2D eigenvalue weighted by Crippen LogP contribution is 2.31. The second kappa shape index (κ2) is 9.95. The summed E-state index contributed by atoms with van der Waals surface area (Å²) in [4.78, 5) is 26.8. The van der Waals surface area contributed by atoms with Crippen LogP contribution in [-0.4, -0.2) is 48.8 Å². The van der Waals surface area contributed by atoms with Crippen LogP contribution in [0.5, 0.6) is 0 Å². The Labute approximate surface area is 215 Å². The van der Waals surface area contributed by atoms with Gasteiger partial charge in [0.15, 0.2) is 10.9 Å². The Kier molecular flexibility index (Phi) is 6.57. The zero-order valence-electron chi connectivity index (χ0n) is 19.3. The van der Waals surface area contributed by atoms with E-state index in [-0.39, 0.29) is 16.4 Å². The molecule has 0 radical (unpaired) electrons. The van der Waals surface area contributed by atoms with Gasteiger partial charge < -0.3 is 10.2 Å². The van der Waals surface area contributed by atoms with Crippen molar-refractivity contribution in [1.82, 2.24) is 25.1 Å². The molecule has 0 atom stereocenters. The molecule has 0 aliphatic carbocycles. The summed E-state index contributed by atoms with van der Waals surface area (Å²) in [5, 5.41) is 30.8. The van der Waals surface area contributed by atoms with Gasteiger partial charge >= 0.3 is 0 Å². The van der Waals surface area contributed by atoms with Crippen molar-refractivity contribution in [2.75, 3.05) is 23.3 Å². The summed E-state index contributed by atoms with van der Waals surface area (Å²) in [5.41, 5.74) is 2.13. The fraction of sp³-hybridized carbons (Fsp3) is 0.261. The molecule has 1 aliphatic heterocycles. The number of nitro groups is 1. The van der Waals surface area contributed by atoms with Gasteiger partial charge in [-0.15, -0.1) is 10.2 Å². The summed E-state index contributed by atoms with van der Waals surface area (Å²) in [7, 11) is 0. The van der Waals surface area contributed by atoms with Crippen LogP contribution in [0.25, 0.3) is 15.5 Å². The first kappa shape index (κ1) is 23.8. The van der Waals surface area contributed by atoms with Gasteiger partial charge in [-0.2, -0.15) is 9.61 Å². The third-order valence-corrected chi connectivity index (χ3v) is 7.02. The lowest BCUT2D eigenvalue weighted by atomic mass is 10.1. The fourth-order valence-corrected chi connectivity index (χ4v) is 5.20. The van der Waals surface area contributed by atoms with E-state index in [1.807, 2.05) is 36.1 Å². The van der Waals surface area contributed by atoms with Gasteiger partial charge in [-0.1, -0.05) is 23.5 Å². The summed E-state index contributed by atoms with van der Waals surface area (Å²) < 4.78 is 1.68. The molecule has 2 N–H and O–H groups in total. The molecule has 1 fully saturated rings. The second-order valence-corrected chi connectivity index (χ2v) is 9.71. The van der Waals surface area contributed by atoms with E-state index in [2.05, 4.69) is 25.9 Å². The largest absolute Gasteiger partial charge is 0.366 e. The monoisotopic (exact) mass is 522 g/mol. The van der Waals surface area contributed by atoms with E-state index in [4.69, 9.17) is 12.2 Å². The van der Waals surface area contributed by atoms with Crippen LogP contribution in [0.3, 0.4) is 0 Å². The number of benzene rings is 2. The second-order valence-electron chi connectivity index (χ2n) is 8.35. The lowest BCUT2D eigenvalue weighted by Crippen LogP contribution is -2.34. The fourth-order valence-electron chi connectivity index (χ4n) is 4.11. The van der Waals surface area contributed by atoms with Crippen molar-refractivity contribution in [3.8, 4) is 10.6 Å². The molecule has 0 unspecified atom stereocenters. The molecule has 0 bridgehead atoms. The third-order valence-electron chi connectivity index (χ3n) is 5.87. The number of amides is 1. The van der Waals surface area contributed by atoms with Crippen molar-refractivity contribution in [3.05, 3.63) is 64.0 Å². The Morgan fingerprint density at radius 3 is 2.69 bits per heavy atom. The highest BCUT2D eigenvalue weighted by Gasteiger charge is 2.23. The molecule has 13 heteroatoms. The van der Waals surface area contributed by atoms with E-state index in [9.17, 15) is 14.9 Å². The van der Waals surface area contributed by atoms with E-state index < -0.39 is 10.8 Å². The van der Waals surface area contributed by atoms with Crippen LogP contribution in [0.2, 0.25) is 0 Å². The summed E-state index contributed by atoms with van der Waals surface area (Å²) in [6.45, 7) is 3.37. The molecule has 36 heavy (non-hydrogen) atoms. The van der Waals surface area contributed by atoms with Gasteiger partial charge in [0.2, 0.25) is 4.96 Å². The average molecular weight is 523 g/mol. The van der Waals surface area contributed by atoms with Crippen molar-refractivity contribution in [3.63, 3.8) is 0 Å². The van der Waals surface area contributed by atoms with Gasteiger partial charge in [0.25, 0.3) is 11.6 Å². The van der Waals surface area contributed by atoms with Gasteiger partial charge in [-0.05, 0) is 62.7 Å². The third kappa shape index (κ3) is 4.88. The lowest BCUT2D eigenvalue weighted by molar-refractivity contribution is -0.384. The smallest absolute Gasteiger partial charge is 0.293 e. The molecule has 184 valence electrons. The lowest BCUT2D eigenvalue weighted by Gasteiger charge is -2.28. The molecule has 2 aromatic heterocycles. The van der Waals surface area contributed by atoms with Gasteiger partial charge in [-0.3, -0.25) is 20.2 Å². The Bertz CT molecular complexity index is 1480. The van der Waals surface area contributed by atoms with Gasteiger partial charge in [-0.25, -0.2) is 0 Å². The summed E-state index contributed by atoms with van der Waals surface area (Å²) in [5.74, 6) is 0.177. The number of fused-ring (bicyclic) bond motifs is 1. The minimum atomic E-state index is -0.527. The first-order valence-electron chi connectivity index (χ1n) is 11.3. The number of piperidine rings is 1. The molecule has 3 heterocycles. The summed E-state index contributed by atoms with van der Waals surface area (Å²) in [6, 6.07) is 12.0. The van der Waals surface area contributed by atoms with E-state index in [0.29, 0.717) is 22.2 Å². The number of aromatic nitrogens is 4. The van der Waals surface area contributed by atoms with Gasteiger partial charge in [0, 0.05) is 36.0 Å².